The summed E-state index contributed by atoms with van der Waals surface area (Å²) in [6.45, 7) is 6.51. The van der Waals surface area contributed by atoms with E-state index in [1.54, 1.807) is 0 Å². The minimum atomic E-state index is -0.761. The van der Waals surface area contributed by atoms with Crippen LogP contribution in [0.3, 0.4) is 0 Å². The second-order valence-electron chi connectivity index (χ2n) is 3.37. The van der Waals surface area contributed by atoms with Crippen molar-refractivity contribution in [2.24, 2.45) is 5.92 Å². The van der Waals surface area contributed by atoms with Crippen LogP contribution in [-0.4, -0.2) is 23.7 Å². The molecular formula is C9H15NO2. The third kappa shape index (κ3) is 1.85. The molecule has 12 heavy (non-hydrogen) atoms. The standard InChI is InChI=1S/C9H15NO2/c1-6(2)7-4-3-5-10-8(7)9(11)12/h7-8,10H,1,3-5H2,2H3,(H,11,12). The number of carboxylic acid groups (broad SMARTS) is 1. The lowest BCUT2D eigenvalue weighted by molar-refractivity contribution is -0.141. The molecule has 0 spiro atoms. The van der Waals surface area contributed by atoms with Crippen LogP contribution in [0.2, 0.25) is 0 Å². The van der Waals surface area contributed by atoms with E-state index in [0.717, 1.165) is 25.0 Å². The fourth-order valence-electron chi connectivity index (χ4n) is 1.68. The third-order valence-corrected chi connectivity index (χ3v) is 2.36. The molecule has 0 bridgehead atoms. The van der Waals surface area contributed by atoms with Gasteiger partial charge < -0.3 is 10.4 Å². The first-order chi connectivity index (χ1) is 5.63. The molecule has 1 fully saturated rings. The molecule has 0 aromatic carbocycles. The van der Waals surface area contributed by atoms with Crippen molar-refractivity contribution in [2.75, 3.05) is 6.54 Å². The SMILES string of the molecule is C=C(C)C1CCCNC1C(=O)O. The molecule has 0 saturated carbocycles. The molecule has 0 aromatic heterocycles. The van der Waals surface area contributed by atoms with Gasteiger partial charge in [0.2, 0.25) is 0 Å². The molecule has 1 heterocycles. The van der Waals surface area contributed by atoms with Crippen molar-refractivity contribution in [1.82, 2.24) is 5.32 Å². The van der Waals surface area contributed by atoms with Crippen LogP contribution in [0.4, 0.5) is 0 Å². The average molecular weight is 169 g/mol. The molecule has 0 aliphatic carbocycles. The molecule has 0 aromatic rings. The Morgan fingerprint density at radius 3 is 2.75 bits per heavy atom. The predicted molar refractivity (Wildman–Crippen MR) is 47.0 cm³/mol. The van der Waals surface area contributed by atoms with Gasteiger partial charge in [-0.2, -0.15) is 0 Å². The summed E-state index contributed by atoms with van der Waals surface area (Å²) in [5, 5.41) is 11.8. The van der Waals surface area contributed by atoms with Crippen molar-refractivity contribution in [3.05, 3.63) is 12.2 Å². The second kappa shape index (κ2) is 3.72. The van der Waals surface area contributed by atoms with Crippen LogP contribution in [0.15, 0.2) is 12.2 Å². The summed E-state index contributed by atoms with van der Waals surface area (Å²) in [5.41, 5.74) is 0.967. The fraction of sp³-hybridized carbons (Fsp3) is 0.667. The van der Waals surface area contributed by atoms with Gasteiger partial charge in [-0.15, -0.1) is 0 Å². The fourth-order valence-corrected chi connectivity index (χ4v) is 1.68. The second-order valence-corrected chi connectivity index (χ2v) is 3.37. The summed E-state index contributed by atoms with van der Waals surface area (Å²) >= 11 is 0. The first-order valence-electron chi connectivity index (χ1n) is 4.24. The molecule has 1 aliphatic heterocycles. The van der Waals surface area contributed by atoms with E-state index in [4.69, 9.17) is 5.11 Å². The molecule has 2 unspecified atom stereocenters. The summed E-state index contributed by atoms with van der Waals surface area (Å²) < 4.78 is 0. The molecule has 0 amide bonds. The van der Waals surface area contributed by atoms with Gasteiger partial charge >= 0.3 is 5.97 Å². The Labute approximate surface area is 72.5 Å². The topological polar surface area (TPSA) is 49.3 Å². The van der Waals surface area contributed by atoms with E-state index in [2.05, 4.69) is 11.9 Å². The third-order valence-electron chi connectivity index (χ3n) is 2.36. The normalized spacial score (nSPS) is 29.8. The molecule has 3 nitrogen and oxygen atoms in total. The van der Waals surface area contributed by atoms with Gasteiger partial charge in [-0.3, -0.25) is 4.79 Å². The van der Waals surface area contributed by atoms with Crippen LogP contribution in [0.1, 0.15) is 19.8 Å². The quantitative estimate of drug-likeness (QED) is 0.607. The zero-order chi connectivity index (χ0) is 9.14. The van der Waals surface area contributed by atoms with E-state index in [-0.39, 0.29) is 5.92 Å². The molecule has 3 heteroatoms. The minimum absolute atomic E-state index is 0.108. The predicted octanol–water partition coefficient (Wildman–Crippen LogP) is 1.02. The number of hydrogen-bond acceptors (Lipinski definition) is 2. The number of hydrogen-bond donors (Lipinski definition) is 2. The van der Waals surface area contributed by atoms with Gasteiger partial charge in [-0.25, -0.2) is 0 Å². The highest BCUT2D eigenvalue weighted by molar-refractivity contribution is 5.74. The van der Waals surface area contributed by atoms with Crippen LogP contribution in [0.5, 0.6) is 0 Å². The average Bonchev–Trinajstić information content (AvgIpc) is 2.04. The maximum atomic E-state index is 10.8. The highest BCUT2D eigenvalue weighted by Gasteiger charge is 2.30. The summed E-state index contributed by atoms with van der Waals surface area (Å²) in [7, 11) is 0. The summed E-state index contributed by atoms with van der Waals surface area (Å²) in [6, 6.07) is -0.420. The monoisotopic (exact) mass is 169 g/mol. The molecule has 2 N–H and O–H groups in total. The number of rotatable bonds is 2. The zero-order valence-electron chi connectivity index (χ0n) is 7.34. The van der Waals surface area contributed by atoms with Gasteiger partial charge in [0, 0.05) is 5.92 Å². The number of carboxylic acids is 1. The molecule has 2 atom stereocenters. The molecule has 1 aliphatic rings. The van der Waals surface area contributed by atoms with Crippen molar-refractivity contribution < 1.29 is 9.90 Å². The minimum Gasteiger partial charge on any atom is -0.480 e. The number of carbonyl (C=O) groups is 1. The van der Waals surface area contributed by atoms with Crippen LogP contribution in [-0.2, 0) is 4.79 Å². The van der Waals surface area contributed by atoms with Gasteiger partial charge in [0.1, 0.15) is 6.04 Å². The van der Waals surface area contributed by atoms with Crippen LogP contribution in [0.25, 0.3) is 0 Å². The van der Waals surface area contributed by atoms with Crippen molar-refractivity contribution in [2.45, 2.75) is 25.8 Å². The van der Waals surface area contributed by atoms with Gasteiger partial charge in [0.05, 0.1) is 0 Å². The van der Waals surface area contributed by atoms with Crippen LogP contribution >= 0.6 is 0 Å². The molecular weight excluding hydrogens is 154 g/mol. The molecule has 1 rings (SSSR count). The Balaban J connectivity index is 2.67. The Morgan fingerprint density at radius 1 is 1.67 bits per heavy atom. The maximum absolute atomic E-state index is 10.8. The van der Waals surface area contributed by atoms with Crippen LogP contribution < -0.4 is 5.32 Å². The van der Waals surface area contributed by atoms with E-state index < -0.39 is 12.0 Å². The number of nitrogens with one attached hydrogen (secondary N) is 1. The summed E-state index contributed by atoms with van der Waals surface area (Å²) in [5.74, 6) is -0.654. The molecule has 1 saturated heterocycles. The first-order valence-corrected chi connectivity index (χ1v) is 4.24. The number of aliphatic carboxylic acids is 1. The van der Waals surface area contributed by atoms with E-state index in [9.17, 15) is 4.79 Å². The highest BCUT2D eigenvalue weighted by atomic mass is 16.4. The molecule has 0 radical (unpaired) electrons. The van der Waals surface area contributed by atoms with Gasteiger partial charge in [0.15, 0.2) is 0 Å². The Morgan fingerprint density at radius 2 is 2.33 bits per heavy atom. The Hall–Kier alpha value is -0.830. The summed E-state index contributed by atoms with van der Waals surface area (Å²) in [4.78, 5) is 10.8. The lowest BCUT2D eigenvalue weighted by atomic mass is 9.86. The lowest BCUT2D eigenvalue weighted by Gasteiger charge is -2.29. The highest BCUT2D eigenvalue weighted by Crippen LogP contribution is 2.22. The van der Waals surface area contributed by atoms with Crippen molar-refractivity contribution in [3.63, 3.8) is 0 Å². The van der Waals surface area contributed by atoms with Gasteiger partial charge in [-0.1, -0.05) is 12.2 Å². The van der Waals surface area contributed by atoms with E-state index in [1.807, 2.05) is 6.92 Å². The van der Waals surface area contributed by atoms with E-state index >= 15 is 0 Å². The van der Waals surface area contributed by atoms with Crippen LogP contribution in [0, 0.1) is 5.92 Å². The molecule has 68 valence electrons. The smallest absolute Gasteiger partial charge is 0.321 e. The van der Waals surface area contributed by atoms with E-state index in [1.165, 1.54) is 0 Å². The van der Waals surface area contributed by atoms with Gasteiger partial charge in [-0.05, 0) is 26.3 Å². The van der Waals surface area contributed by atoms with Crippen molar-refractivity contribution in [1.29, 1.82) is 0 Å². The largest absolute Gasteiger partial charge is 0.480 e. The van der Waals surface area contributed by atoms with Crippen molar-refractivity contribution >= 4 is 5.97 Å². The lowest BCUT2D eigenvalue weighted by Crippen LogP contribution is -2.47. The summed E-state index contributed by atoms with van der Waals surface area (Å²) in [6.07, 6.45) is 1.99. The Kier molecular flexibility index (Phi) is 2.87. The van der Waals surface area contributed by atoms with Gasteiger partial charge in [0.25, 0.3) is 0 Å². The zero-order valence-corrected chi connectivity index (χ0v) is 7.34. The maximum Gasteiger partial charge on any atom is 0.321 e. The van der Waals surface area contributed by atoms with Crippen molar-refractivity contribution in [3.8, 4) is 0 Å². The Bertz CT molecular complexity index is 179. The van der Waals surface area contributed by atoms with E-state index in [0.29, 0.717) is 0 Å². The first kappa shape index (κ1) is 9.26. The number of piperidine rings is 1.